The molecule has 0 fully saturated rings. The first kappa shape index (κ1) is 14.7. The Morgan fingerprint density at radius 3 is 2.72 bits per heavy atom. The summed E-state index contributed by atoms with van der Waals surface area (Å²) in [6.07, 6.45) is 4.20. The fourth-order valence-corrected chi connectivity index (χ4v) is 1.69. The number of nitrogens with one attached hydrogen (secondary N) is 2. The summed E-state index contributed by atoms with van der Waals surface area (Å²) in [5.74, 6) is 1.58. The number of hydrogen-bond donors (Lipinski definition) is 2. The Morgan fingerprint density at radius 1 is 1.44 bits per heavy atom. The minimum Gasteiger partial charge on any atom is -0.356 e. The number of rotatable bonds is 7. The Kier molecular flexibility index (Phi) is 5.85. The van der Waals surface area contributed by atoms with Crippen molar-refractivity contribution in [2.45, 2.75) is 33.2 Å². The largest absolute Gasteiger partial charge is 0.356 e. The number of hydrogen-bond acceptors (Lipinski definition) is 3. The van der Waals surface area contributed by atoms with Crippen LogP contribution in [0.2, 0.25) is 0 Å². The molecule has 1 amide bonds. The Balaban J connectivity index is 2.22. The van der Waals surface area contributed by atoms with Gasteiger partial charge in [0.1, 0.15) is 5.82 Å². The number of amides is 1. The van der Waals surface area contributed by atoms with Gasteiger partial charge in [-0.15, -0.1) is 0 Å². The molecule has 0 aromatic carbocycles. The van der Waals surface area contributed by atoms with Crippen LogP contribution in [0.1, 0.15) is 39.1 Å². The van der Waals surface area contributed by atoms with Crippen molar-refractivity contribution in [1.29, 1.82) is 0 Å². The summed E-state index contributed by atoms with van der Waals surface area (Å²) in [4.78, 5) is 15.8. The van der Waals surface area contributed by atoms with Crippen LogP contribution in [0.25, 0.3) is 0 Å². The molecule has 0 bridgehead atoms. The number of aromatic nitrogens is 2. The van der Waals surface area contributed by atoms with Crippen molar-refractivity contribution in [2.75, 3.05) is 13.1 Å². The van der Waals surface area contributed by atoms with E-state index in [4.69, 9.17) is 0 Å². The fraction of sp³-hybridized carbons (Fsp3) is 0.692. The normalized spacial score (nSPS) is 12.7. The predicted octanol–water partition coefficient (Wildman–Crippen LogP) is 1.23. The van der Waals surface area contributed by atoms with E-state index in [2.05, 4.69) is 29.5 Å². The van der Waals surface area contributed by atoms with E-state index in [1.165, 1.54) is 0 Å². The molecule has 1 unspecified atom stereocenters. The second-order valence-electron chi connectivity index (χ2n) is 5.02. The van der Waals surface area contributed by atoms with Crippen molar-refractivity contribution in [3.63, 3.8) is 0 Å². The van der Waals surface area contributed by atoms with E-state index >= 15 is 0 Å². The predicted molar refractivity (Wildman–Crippen MR) is 72.1 cm³/mol. The molecule has 0 radical (unpaired) electrons. The first-order valence-electron chi connectivity index (χ1n) is 6.48. The van der Waals surface area contributed by atoms with Crippen LogP contribution in [0.15, 0.2) is 12.4 Å². The number of aryl methyl sites for hydroxylation is 1. The van der Waals surface area contributed by atoms with E-state index in [1.807, 2.05) is 24.7 Å². The van der Waals surface area contributed by atoms with E-state index < -0.39 is 0 Å². The molecular formula is C13H24N4O. The lowest BCUT2D eigenvalue weighted by atomic mass is 10.2. The third-order valence-electron chi connectivity index (χ3n) is 2.76. The highest BCUT2D eigenvalue weighted by atomic mass is 16.1. The summed E-state index contributed by atoms with van der Waals surface area (Å²) in [6.45, 7) is 7.63. The average molecular weight is 252 g/mol. The van der Waals surface area contributed by atoms with Crippen LogP contribution in [0, 0.1) is 5.92 Å². The van der Waals surface area contributed by atoms with Crippen LogP contribution in [-0.2, 0) is 11.8 Å². The minimum atomic E-state index is 0.100. The molecule has 1 heterocycles. The van der Waals surface area contributed by atoms with Crippen molar-refractivity contribution < 1.29 is 4.79 Å². The molecule has 18 heavy (non-hydrogen) atoms. The van der Waals surface area contributed by atoms with E-state index in [9.17, 15) is 4.79 Å². The van der Waals surface area contributed by atoms with E-state index in [-0.39, 0.29) is 11.9 Å². The maximum Gasteiger partial charge on any atom is 0.221 e. The van der Waals surface area contributed by atoms with Gasteiger partial charge in [0, 0.05) is 39.0 Å². The molecule has 0 saturated carbocycles. The zero-order valence-electron chi connectivity index (χ0n) is 11.7. The monoisotopic (exact) mass is 252 g/mol. The van der Waals surface area contributed by atoms with Gasteiger partial charge in [-0.05, 0) is 12.8 Å². The van der Waals surface area contributed by atoms with Crippen molar-refractivity contribution in [3.8, 4) is 0 Å². The van der Waals surface area contributed by atoms with Gasteiger partial charge in [-0.25, -0.2) is 4.98 Å². The van der Waals surface area contributed by atoms with Crippen molar-refractivity contribution in [2.24, 2.45) is 13.0 Å². The molecule has 1 aromatic heterocycles. The Morgan fingerprint density at radius 2 is 2.17 bits per heavy atom. The fourth-order valence-electron chi connectivity index (χ4n) is 1.69. The van der Waals surface area contributed by atoms with Crippen LogP contribution in [0.5, 0.6) is 0 Å². The molecule has 102 valence electrons. The molecule has 1 aromatic rings. The maximum absolute atomic E-state index is 11.5. The third-order valence-corrected chi connectivity index (χ3v) is 2.76. The highest BCUT2D eigenvalue weighted by Crippen LogP contribution is 2.07. The number of nitrogens with zero attached hydrogens (tertiary/aromatic N) is 2. The lowest BCUT2D eigenvalue weighted by molar-refractivity contribution is -0.121. The van der Waals surface area contributed by atoms with Crippen LogP contribution in [0.3, 0.4) is 0 Å². The van der Waals surface area contributed by atoms with E-state index in [0.29, 0.717) is 18.9 Å². The summed E-state index contributed by atoms with van der Waals surface area (Å²) in [7, 11) is 1.97. The maximum atomic E-state index is 11.5. The SMILES string of the molecule is CC(C)CNC(=O)CCNC(C)c1nccn1C. The molecule has 0 spiro atoms. The molecule has 5 nitrogen and oxygen atoms in total. The molecule has 1 atom stereocenters. The van der Waals surface area contributed by atoms with Crippen LogP contribution < -0.4 is 10.6 Å². The summed E-state index contributed by atoms with van der Waals surface area (Å²) < 4.78 is 1.98. The Hall–Kier alpha value is -1.36. The van der Waals surface area contributed by atoms with Gasteiger partial charge in [0.25, 0.3) is 0 Å². The van der Waals surface area contributed by atoms with Crippen molar-refractivity contribution in [1.82, 2.24) is 20.2 Å². The second kappa shape index (κ2) is 7.16. The van der Waals surface area contributed by atoms with Gasteiger partial charge in [0.2, 0.25) is 5.91 Å². The Labute approximate surface area is 109 Å². The first-order valence-corrected chi connectivity index (χ1v) is 6.48. The van der Waals surface area contributed by atoms with Gasteiger partial charge < -0.3 is 15.2 Å². The van der Waals surface area contributed by atoms with Crippen LogP contribution >= 0.6 is 0 Å². The molecule has 1 rings (SSSR count). The van der Waals surface area contributed by atoms with Gasteiger partial charge in [0.15, 0.2) is 0 Å². The molecular weight excluding hydrogens is 228 g/mol. The highest BCUT2D eigenvalue weighted by Gasteiger charge is 2.10. The molecule has 0 aliphatic carbocycles. The summed E-state index contributed by atoms with van der Waals surface area (Å²) in [5, 5.41) is 6.20. The van der Waals surface area contributed by atoms with Gasteiger partial charge in [0.05, 0.1) is 6.04 Å². The minimum absolute atomic E-state index is 0.100. The Bertz CT molecular complexity index is 373. The van der Waals surface area contributed by atoms with Crippen LogP contribution in [-0.4, -0.2) is 28.5 Å². The molecule has 0 aliphatic rings. The first-order chi connectivity index (χ1) is 8.50. The topological polar surface area (TPSA) is 59.0 Å². The van der Waals surface area contributed by atoms with Crippen molar-refractivity contribution in [3.05, 3.63) is 18.2 Å². The summed E-state index contributed by atoms with van der Waals surface area (Å²) >= 11 is 0. The number of carbonyl (C=O) groups is 1. The van der Waals surface area contributed by atoms with Gasteiger partial charge in [-0.3, -0.25) is 4.79 Å². The smallest absolute Gasteiger partial charge is 0.221 e. The summed E-state index contributed by atoms with van der Waals surface area (Å²) in [6, 6.07) is 0.155. The zero-order valence-corrected chi connectivity index (χ0v) is 11.7. The van der Waals surface area contributed by atoms with E-state index in [0.717, 1.165) is 12.4 Å². The van der Waals surface area contributed by atoms with Gasteiger partial charge >= 0.3 is 0 Å². The molecule has 5 heteroatoms. The zero-order chi connectivity index (χ0) is 13.5. The third kappa shape index (κ3) is 4.87. The van der Waals surface area contributed by atoms with Crippen molar-refractivity contribution >= 4 is 5.91 Å². The lowest BCUT2D eigenvalue weighted by Gasteiger charge is -2.13. The molecule has 0 aliphatic heterocycles. The van der Waals surface area contributed by atoms with Gasteiger partial charge in [-0.1, -0.05) is 13.8 Å². The number of imidazole rings is 1. The lowest BCUT2D eigenvalue weighted by Crippen LogP contribution is -2.31. The molecule has 0 saturated heterocycles. The standard InChI is InChI=1S/C13H24N4O/c1-10(2)9-16-12(18)5-6-14-11(3)13-15-7-8-17(13)4/h7-8,10-11,14H,5-6,9H2,1-4H3,(H,16,18). The van der Waals surface area contributed by atoms with Crippen LogP contribution in [0.4, 0.5) is 0 Å². The average Bonchev–Trinajstić information content (AvgIpc) is 2.72. The highest BCUT2D eigenvalue weighted by molar-refractivity contribution is 5.76. The summed E-state index contributed by atoms with van der Waals surface area (Å²) in [5.41, 5.74) is 0. The molecule has 2 N–H and O–H groups in total. The van der Waals surface area contributed by atoms with Gasteiger partial charge in [-0.2, -0.15) is 0 Å². The number of carbonyl (C=O) groups excluding carboxylic acids is 1. The second-order valence-corrected chi connectivity index (χ2v) is 5.02. The van der Waals surface area contributed by atoms with E-state index in [1.54, 1.807) is 6.20 Å². The quantitative estimate of drug-likeness (QED) is 0.767.